The maximum atomic E-state index is 5.12. The fourth-order valence-electron chi connectivity index (χ4n) is 7.60. The minimum atomic E-state index is 0.616. The molecule has 56 heavy (non-hydrogen) atoms. The van der Waals surface area contributed by atoms with E-state index in [2.05, 4.69) is 126 Å². The Balaban J connectivity index is 1.15. The van der Waals surface area contributed by atoms with Crippen LogP contribution in [0.15, 0.2) is 207 Å². The number of pyridine rings is 1. The molecule has 0 N–H and O–H groups in total. The van der Waals surface area contributed by atoms with Crippen LogP contribution in [0.25, 0.3) is 100 Å². The van der Waals surface area contributed by atoms with Gasteiger partial charge in [-0.2, -0.15) is 0 Å². The van der Waals surface area contributed by atoms with Crippen LogP contribution in [0.3, 0.4) is 0 Å². The molecule has 10 rings (SSSR count). The van der Waals surface area contributed by atoms with Crippen LogP contribution in [-0.2, 0) is 0 Å². The van der Waals surface area contributed by atoms with Gasteiger partial charge in [-0.15, -0.1) is 0 Å². The van der Waals surface area contributed by atoms with Gasteiger partial charge in [0.15, 0.2) is 17.5 Å². The number of rotatable bonds is 7. The van der Waals surface area contributed by atoms with Crippen molar-refractivity contribution < 1.29 is 0 Å². The van der Waals surface area contributed by atoms with Gasteiger partial charge in [0.25, 0.3) is 0 Å². The summed E-state index contributed by atoms with van der Waals surface area (Å²) in [6.45, 7) is 0. The van der Waals surface area contributed by atoms with Gasteiger partial charge in [0.05, 0.1) is 0 Å². The molecule has 0 fully saturated rings. The smallest absolute Gasteiger partial charge is 0.164 e. The summed E-state index contributed by atoms with van der Waals surface area (Å²) in [6, 6.07) is 68.3. The molecule has 0 aliphatic carbocycles. The molecular weight excluding hydrogens is 681 g/mol. The number of fused-ring (bicyclic) bond motifs is 2. The van der Waals surface area contributed by atoms with Crippen molar-refractivity contribution in [3.8, 4) is 78.7 Å². The van der Waals surface area contributed by atoms with Crippen molar-refractivity contribution in [2.75, 3.05) is 0 Å². The monoisotopic (exact) mass is 714 g/mol. The lowest BCUT2D eigenvalue weighted by Gasteiger charge is -2.14. The second-order valence-electron chi connectivity index (χ2n) is 13.9. The van der Waals surface area contributed by atoms with E-state index in [0.29, 0.717) is 17.5 Å². The first-order valence-electron chi connectivity index (χ1n) is 18.8. The number of benzene rings is 8. The summed E-state index contributed by atoms with van der Waals surface area (Å²) in [5.74, 6) is 1.88. The van der Waals surface area contributed by atoms with Crippen molar-refractivity contribution in [1.29, 1.82) is 0 Å². The van der Waals surface area contributed by atoms with Crippen molar-refractivity contribution in [2.45, 2.75) is 0 Å². The van der Waals surface area contributed by atoms with Gasteiger partial charge in [-0.25, -0.2) is 15.0 Å². The highest BCUT2D eigenvalue weighted by Gasteiger charge is 2.16. The average molecular weight is 715 g/mol. The zero-order chi connectivity index (χ0) is 37.3. The fourth-order valence-corrected chi connectivity index (χ4v) is 7.60. The van der Waals surface area contributed by atoms with Crippen LogP contribution in [0, 0.1) is 0 Å². The third-order valence-electron chi connectivity index (χ3n) is 10.4. The Labute approximate surface area is 325 Å². The van der Waals surface area contributed by atoms with Crippen LogP contribution >= 0.6 is 0 Å². The van der Waals surface area contributed by atoms with Crippen LogP contribution in [-0.4, -0.2) is 19.9 Å². The maximum Gasteiger partial charge on any atom is 0.164 e. The molecule has 10 aromatic rings. The quantitative estimate of drug-likeness (QED) is 0.154. The Hall–Kier alpha value is -7.56. The Kier molecular flexibility index (Phi) is 8.47. The summed E-state index contributed by atoms with van der Waals surface area (Å²) in [5.41, 5.74) is 11.8. The summed E-state index contributed by atoms with van der Waals surface area (Å²) in [5, 5.41) is 4.96. The highest BCUT2D eigenvalue weighted by atomic mass is 15.0. The molecular formula is C52H34N4. The normalized spacial score (nSPS) is 11.2. The second-order valence-corrected chi connectivity index (χ2v) is 13.9. The first-order chi connectivity index (χ1) is 27.7. The first-order valence-corrected chi connectivity index (χ1v) is 18.8. The zero-order valence-electron chi connectivity index (χ0n) is 30.4. The van der Waals surface area contributed by atoms with Gasteiger partial charge >= 0.3 is 0 Å². The molecule has 8 aromatic carbocycles. The highest BCUT2D eigenvalue weighted by molar-refractivity contribution is 6.12. The van der Waals surface area contributed by atoms with Crippen LogP contribution < -0.4 is 0 Å². The van der Waals surface area contributed by atoms with Crippen LogP contribution in [0.1, 0.15) is 0 Å². The molecule has 2 aromatic heterocycles. The summed E-state index contributed by atoms with van der Waals surface area (Å²) < 4.78 is 0. The minimum absolute atomic E-state index is 0.616. The van der Waals surface area contributed by atoms with E-state index >= 15 is 0 Å². The second kappa shape index (κ2) is 14.3. The van der Waals surface area contributed by atoms with Crippen molar-refractivity contribution in [2.24, 2.45) is 0 Å². The standard InChI is InChI=1S/C52H34N4/c1-3-12-38(13-4-1)50-54-51(39-14-5-2-6-15-39)56-52(55-50)46-33-44(32-45(34-46)41-19-11-18-40(30-41)36-26-28-53-29-27-36)35-22-24-37(25-23-35)49-47-20-9-7-16-42(47)31-43-17-8-10-21-48(43)49/h1-34H. The number of nitrogens with zero attached hydrogens (tertiary/aromatic N) is 4. The molecule has 0 unspecified atom stereocenters. The van der Waals surface area contributed by atoms with Gasteiger partial charge in [-0.1, -0.05) is 152 Å². The first kappa shape index (κ1) is 33.0. The van der Waals surface area contributed by atoms with E-state index in [-0.39, 0.29) is 0 Å². The predicted octanol–water partition coefficient (Wildman–Crippen LogP) is 13.2. The number of hydrogen-bond acceptors (Lipinski definition) is 4. The summed E-state index contributed by atoms with van der Waals surface area (Å²) >= 11 is 0. The van der Waals surface area contributed by atoms with Gasteiger partial charge in [-0.3, -0.25) is 4.98 Å². The lowest BCUT2D eigenvalue weighted by molar-refractivity contribution is 1.07. The topological polar surface area (TPSA) is 51.6 Å². The number of aromatic nitrogens is 4. The molecule has 0 bridgehead atoms. The van der Waals surface area contributed by atoms with Crippen molar-refractivity contribution in [1.82, 2.24) is 19.9 Å². The van der Waals surface area contributed by atoms with E-state index in [4.69, 9.17) is 15.0 Å². The zero-order valence-corrected chi connectivity index (χ0v) is 30.4. The molecule has 0 saturated carbocycles. The maximum absolute atomic E-state index is 5.12. The Morgan fingerprint density at radius 3 is 1.25 bits per heavy atom. The van der Waals surface area contributed by atoms with Gasteiger partial charge < -0.3 is 0 Å². The van der Waals surface area contributed by atoms with Crippen molar-refractivity contribution >= 4 is 21.5 Å². The highest BCUT2D eigenvalue weighted by Crippen LogP contribution is 2.39. The Morgan fingerprint density at radius 2 is 0.661 bits per heavy atom. The molecule has 4 heteroatoms. The lowest BCUT2D eigenvalue weighted by atomic mass is 9.90. The SMILES string of the molecule is c1ccc(-c2nc(-c3ccccc3)nc(-c3cc(-c4ccc(-c5c6ccccc6cc6ccccc56)cc4)cc(-c4cccc(-c5ccncc5)c4)c3)n2)cc1. The summed E-state index contributed by atoms with van der Waals surface area (Å²) in [7, 11) is 0. The molecule has 0 amide bonds. The van der Waals surface area contributed by atoms with Crippen LogP contribution in [0.5, 0.6) is 0 Å². The van der Waals surface area contributed by atoms with Gasteiger partial charge in [-0.05, 0) is 109 Å². The minimum Gasteiger partial charge on any atom is -0.265 e. The van der Waals surface area contributed by atoms with Crippen molar-refractivity contribution in [3.63, 3.8) is 0 Å². The third-order valence-corrected chi connectivity index (χ3v) is 10.4. The van der Waals surface area contributed by atoms with Gasteiger partial charge in [0.1, 0.15) is 0 Å². The average Bonchev–Trinajstić information content (AvgIpc) is 3.29. The van der Waals surface area contributed by atoms with E-state index in [1.54, 1.807) is 0 Å². The van der Waals surface area contributed by atoms with E-state index in [0.717, 1.165) is 50.1 Å². The van der Waals surface area contributed by atoms with E-state index < -0.39 is 0 Å². The van der Waals surface area contributed by atoms with Gasteiger partial charge in [0, 0.05) is 29.1 Å². The predicted molar refractivity (Wildman–Crippen MR) is 231 cm³/mol. The molecule has 262 valence electrons. The molecule has 0 spiro atoms. The van der Waals surface area contributed by atoms with Gasteiger partial charge in [0.2, 0.25) is 0 Å². The summed E-state index contributed by atoms with van der Waals surface area (Å²) in [4.78, 5) is 19.4. The molecule has 4 nitrogen and oxygen atoms in total. The van der Waals surface area contributed by atoms with E-state index in [9.17, 15) is 0 Å². The lowest BCUT2D eigenvalue weighted by Crippen LogP contribution is -2.00. The van der Waals surface area contributed by atoms with E-state index in [1.807, 2.05) is 85.2 Å². The van der Waals surface area contributed by atoms with E-state index in [1.165, 1.54) is 32.7 Å². The molecule has 0 aliphatic heterocycles. The largest absolute Gasteiger partial charge is 0.265 e. The third kappa shape index (κ3) is 6.40. The van der Waals surface area contributed by atoms with Crippen LogP contribution in [0.4, 0.5) is 0 Å². The molecule has 0 saturated heterocycles. The Bertz CT molecular complexity index is 2890. The van der Waals surface area contributed by atoms with Crippen molar-refractivity contribution in [3.05, 3.63) is 207 Å². The molecule has 0 radical (unpaired) electrons. The Morgan fingerprint density at radius 1 is 0.250 bits per heavy atom. The molecule has 0 aliphatic rings. The number of hydrogen-bond donors (Lipinski definition) is 0. The molecule has 2 heterocycles. The summed E-state index contributed by atoms with van der Waals surface area (Å²) in [6.07, 6.45) is 3.67. The molecule has 0 atom stereocenters. The van der Waals surface area contributed by atoms with Crippen LogP contribution in [0.2, 0.25) is 0 Å². The fraction of sp³-hybridized carbons (Fsp3) is 0.